The van der Waals surface area contributed by atoms with Crippen LogP contribution in [0.1, 0.15) is 45.2 Å². The van der Waals surface area contributed by atoms with Gasteiger partial charge in [0, 0.05) is 50.2 Å². The van der Waals surface area contributed by atoms with E-state index in [0.29, 0.717) is 25.6 Å². The number of amides is 1. The molecule has 2 aliphatic heterocycles. The predicted octanol–water partition coefficient (Wildman–Crippen LogP) is 2.59. The third-order valence-electron chi connectivity index (χ3n) is 6.14. The van der Waals surface area contributed by atoms with Gasteiger partial charge in [-0.2, -0.15) is 0 Å². The molecule has 8 nitrogen and oxygen atoms in total. The normalized spacial score (nSPS) is 19.2. The Kier molecular flexibility index (Phi) is 5.83. The van der Waals surface area contributed by atoms with Gasteiger partial charge in [-0.3, -0.25) is 4.79 Å². The van der Waals surface area contributed by atoms with Crippen LogP contribution in [0.4, 0.5) is 5.69 Å². The van der Waals surface area contributed by atoms with Crippen molar-refractivity contribution in [1.29, 1.82) is 0 Å². The fourth-order valence-corrected chi connectivity index (χ4v) is 4.04. The Labute approximate surface area is 183 Å². The molecule has 2 aliphatic rings. The van der Waals surface area contributed by atoms with Crippen LogP contribution in [-0.2, 0) is 14.4 Å². The summed E-state index contributed by atoms with van der Waals surface area (Å²) in [5, 5.41) is 2.83. The molecule has 2 aromatic rings. The first-order valence-corrected chi connectivity index (χ1v) is 10.9. The SMILES string of the molecule is CN1CCN(c2ccc3c(C4CCN(OC(=O)C(C)(C)C)CC4)ncnc3c2)CC1=O. The highest BCUT2D eigenvalue weighted by molar-refractivity contribution is 5.87. The van der Waals surface area contributed by atoms with E-state index in [2.05, 4.69) is 33.1 Å². The monoisotopic (exact) mass is 425 g/mol. The number of carbonyl (C=O) groups excluding carboxylic acids is 2. The molecule has 3 heterocycles. The van der Waals surface area contributed by atoms with Gasteiger partial charge in [-0.15, -0.1) is 5.06 Å². The Morgan fingerprint density at radius 3 is 2.52 bits per heavy atom. The van der Waals surface area contributed by atoms with Crippen LogP contribution in [0.15, 0.2) is 24.5 Å². The van der Waals surface area contributed by atoms with Crippen molar-refractivity contribution in [3.63, 3.8) is 0 Å². The van der Waals surface area contributed by atoms with E-state index in [-0.39, 0.29) is 11.9 Å². The lowest BCUT2D eigenvalue weighted by Crippen LogP contribution is -2.48. The van der Waals surface area contributed by atoms with E-state index >= 15 is 0 Å². The van der Waals surface area contributed by atoms with Gasteiger partial charge < -0.3 is 14.6 Å². The fraction of sp³-hybridized carbons (Fsp3) is 0.565. The van der Waals surface area contributed by atoms with Gasteiger partial charge in [0.2, 0.25) is 5.91 Å². The number of likely N-dealkylation sites (N-methyl/N-ethyl adjacent to an activating group) is 1. The fourth-order valence-electron chi connectivity index (χ4n) is 4.04. The molecule has 2 saturated heterocycles. The number of piperidine rings is 1. The number of hydroxylamine groups is 2. The average molecular weight is 426 g/mol. The van der Waals surface area contributed by atoms with Gasteiger partial charge in [0.15, 0.2) is 0 Å². The molecule has 0 aliphatic carbocycles. The van der Waals surface area contributed by atoms with Crippen LogP contribution < -0.4 is 4.90 Å². The molecule has 0 bridgehead atoms. The van der Waals surface area contributed by atoms with Crippen molar-refractivity contribution in [2.24, 2.45) is 5.41 Å². The third-order valence-corrected chi connectivity index (χ3v) is 6.14. The lowest BCUT2D eigenvalue weighted by atomic mass is 9.91. The first kappa shape index (κ1) is 21.5. The second-order valence-electron chi connectivity index (χ2n) is 9.53. The quantitative estimate of drug-likeness (QED) is 0.748. The van der Waals surface area contributed by atoms with Crippen molar-refractivity contribution in [1.82, 2.24) is 19.9 Å². The van der Waals surface area contributed by atoms with E-state index in [0.717, 1.165) is 48.2 Å². The Bertz CT molecular complexity index is 979. The summed E-state index contributed by atoms with van der Waals surface area (Å²) >= 11 is 0. The number of nitrogens with zero attached hydrogens (tertiary/aromatic N) is 5. The molecule has 31 heavy (non-hydrogen) atoms. The third kappa shape index (κ3) is 4.63. The van der Waals surface area contributed by atoms with Crippen LogP contribution in [0.5, 0.6) is 0 Å². The number of hydrogen-bond acceptors (Lipinski definition) is 7. The summed E-state index contributed by atoms with van der Waals surface area (Å²) in [7, 11) is 1.84. The van der Waals surface area contributed by atoms with E-state index < -0.39 is 5.41 Å². The molecule has 0 atom stereocenters. The molecular weight excluding hydrogens is 394 g/mol. The zero-order valence-corrected chi connectivity index (χ0v) is 18.8. The van der Waals surface area contributed by atoms with Gasteiger partial charge in [0.05, 0.1) is 23.2 Å². The molecule has 4 rings (SSSR count). The van der Waals surface area contributed by atoms with Crippen molar-refractivity contribution in [2.45, 2.75) is 39.5 Å². The highest BCUT2D eigenvalue weighted by Crippen LogP contribution is 2.33. The Morgan fingerprint density at radius 2 is 1.84 bits per heavy atom. The minimum atomic E-state index is -0.508. The molecule has 0 N–H and O–H groups in total. The molecule has 0 radical (unpaired) electrons. The molecule has 0 saturated carbocycles. The van der Waals surface area contributed by atoms with Crippen molar-refractivity contribution in [2.75, 3.05) is 44.7 Å². The molecule has 166 valence electrons. The lowest BCUT2D eigenvalue weighted by Gasteiger charge is -2.34. The van der Waals surface area contributed by atoms with Crippen molar-refractivity contribution >= 4 is 28.5 Å². The highest BCUT2D eigenvalue weighted by atomic mass is 16.7. The number of fused-ring (bicyclic) bond motifs is 1. The molecule has 8 heteroatoms. The first-order chi connectivity index (χ1) is 14.7. The van der Waals surface area contributed by atoms with Gasteiger partial charge >= 0.3 is 5.97 Å². The summed E-state index contributed by atoms with van der Waals surface area (Å²) in [6.07, 6.45) is 3.37. The molecular formula is C23H31N5O3. The number of rotatable bonds is 3. The maximum absolute atomic E-state index is 12.1. The number of carbonyl (C=O) groups is 2. The number of aromatic nitrogens is 2. The van der Waals surface area contributed by atoms with Crippen LogP contribution >= 0.6 is 0 Å². The molecule has 1 aromatic carbocycles. The summed E-state index contributed by atoms with van der Waals surface area (Å²) in [4.78, 5) is 42.7. The standard InChI is InChI=1S/C23H31N5O3/c1-23(2,3)22(30)31-28-9-7-16(8-10-28)21-18-6-5-17(13-19(18)24-15-25-21)27-12-11-26(4)20(29)14-27/h5-6,13,15-16H,7-12,14H2,1-4H3. The summed E-state index contributed by atoms with van der Waals surface area (Å²) in [5.41, 5.74) is 2.46. The summed E-state index contributed by atoms with van der Waals surface area (Å²) in [5.74, 6) is 0.230. The van der Waals surface area contributed by atoms with E-state index in [1.54, 1.807) is 16.3 Å². The molecule has 0 unspecified atom stereocenters. The van der Waals surface area contributed by atoms with Gasteiger partial charge in [-0.05, 0) is 51.8 Å². The average Bonchev–Trinajstić information content (AvgIpc) is 2.75. The summed E-state index contributed by atoms with van der Waals surface area (Å²) in [6.45, 7) is 8.91. The number of piperazine rings is 1. The van der Waals surface area contributed by atoms with E-state index in [1.807, 2.05) is 27.8 Å². The topological polar surface area (TPSA) is 78.9 Å². The first-order valence-electron chi connectivity index (χ1n) is 10.9. The highest BCUT2D eigenvalue weighted by Gasteiger charge is 2.30. The van der Waals surface area contributed by atoms with E-state index in [4.69, 9.17) is 4.84 Å². The van der Waals surface area contributed by atoms with Crippen LogP contribution in [0.25, 0.3) is 10.9 Å². The number of benzene rings is 1. The van der Waals surface area contributed by atoms with E-state index in [9.17, 15) is 9.59 Å². The zero-order chi connectivity index (χ0) is 22.2. The summed E-state index contributed by atoms with van der Waals surface area (Å²) < 4.78 is 0. The Hall–Kier alpha value is -2.74. The molecule has 1 aromatic heterocycles. The second-order valence-corrected chi connectivity index (χ2v) is 9.53. The summed E-state index contributed by atoms with van der Waals surface area (Å²) in [6, 6.07) is 6.20. The van der Waals surface area contributed by atoms with Gasteiger partial charge in [-0.25, -0.2) is 14.8 Å². The predicted molar refractivity (Wildman–Crippen MR) is 118 cm³/mol. The second kappa shape index (κ2) is 8.42. The van der Waals surface area contributed by atoms with Crippen LogP contribution in [0.3, 0.4) is 0 Å². The van der Waals surface area contributed by atoms with Gasteiger partial charge in [0.25, 0.3) is 0 Å². The number of hydrogen-bond donors (Lipinski definition) is 0. The van der Waals surface area contributed by atoms with Gasteiger partial charge in [-0.1, -0.05) is 0 Å². The van der Waals surface area contributed by atoms with E-state index in [1.165, 1.54) is 0 Å². The maximum Gasteiger partial charge on any atom is 0.330 e. The number of anilines is 1. The Balaban J connectivity index is 1.47. The van der Waals surface area contributed by atoms with Gasteiger partial charge in [0.1, 0.15) is 6.33 Å². The largest absolute Gasteiger partial charge is 0.367 e. The minimum absolute atomic E-state index is 0.133. The minimum Gasteiger partial charge on any atom is -0.367 e. The van der Waals surface area contributed by atoms with Crippen LogP contribution in [0.2, 0.25) is 0 Å². The molecule has 2 fully saturated rings. The van der Waals surface area contributed by atoms with Crippen molar-refractivity contribution in [3.05, 3.63) is 30.2 Å². The van der Waals surface area contributed by atoms with Crippen LogP contribution in [0, 0.1) is 5.41 Å². The van der Waals surface area contributed by atoms with Crippen molar-refractivity contribution < 1.29 is 14.4 Å². The molecule has 1 amide bonds. The molecule has 0 spiro atoms. The maximum atomic E-state index is 12.1. The van der Waals surface area contributed by atoms with Crippen molar-refractivity contribution in [3.8, 4) is 0 Å². The van der Waals surface area contributed by atoms with Crippen LogP contribution in [-0.4, -0.2) is 71.6 Å². The lowest BCUT2D eigenvalue weighted by molar-refractivity contribution is -0.204. The zero-order valence-electron chi connectivity index (χ0n) is 18.8. The Morgan fingerprint density at radius 1 is 1.10 bits per heavy atom. The smallest absolute Gasteiger partial charge is 0.330 e.